The van der Waals surface area contributed by atoms with Crippen LogP contribution < -0.4 is 10.2 Å². The van der Waals surface area contributed by atoms with Gasteiger partial charge in [0.15, 0.2) is 11.6 Å². The Morgan fingerprint density at radius 1 is 1.23 bits per heavy atom. The van der Waals surface area contributed by atoms with Crippen LogP contribution in [-0.4, -0.2) is 48.8 Å². The monoisotopic (exact) mass is 483 g/mol. The van der Waals surface area contributed by atoms with Crippen LogP contribution in [0.5, 0.6) is 0 Å². The van der Waals surface area contributed by atoms with Gasteiger partial charge in [-0.05, 0) is 37.5 Å². The molecule has 0 spiro atoms. The van der Waals surface area contributed by atoms with Gasteiger partial charge in [0.05, 0.1) is 16.6 Å². The summed E-state index contributed by atoms with van der Waals surface area (Å²) in [6, 6.07) is 3.93. The fourth-order valence-electron chi connectivity index (χ4n) is 4.32. The first kappa shape index (κ1) is 22.7. The van der Waals surface area contributed by atoms with Gasteiger partial charge < -0.3 is 24.4 Å². The Bertz CT molecular complexity index is 1380. The summed E-state index contributed by atoms with van der Waals surface area (Å²) in [5.41, 5.74) is 0.188. The zero-order chi connectivity index (χ0) is 24.5. The molecule has 0 aliphatic carbocycles. The van der Waals surface area contributed by atoms with Gasteiger partial charge in [0.2, 0.25) is 0 Å². The second-order valence-corrected chi connectivity index (χ2v) is 8.39. The number of carboxylic acids is 1. The minimum absolute atomic E-state index is 0.00869. The molecular formula is C23H23F2N7O3. The molecule has 12 heteroatoms. The second-order valence-electron chi connectivity index (χ2n) is 8.39. The van der Waals surface area contributed by atoms with Crippen LogP contribution in [0.3, 0.4) is 0 Å². The van der Waals surface area contributed by atoms with Crippen molar-refractivity contribution in [2.75, 3.05) is 23.3 Å². The van der Waals surface area contributed by atoms with E-state index in [-0.39, 0.29) is 28.5 Å². The first-order chi connectivity index (χ1) is 16.9. The lowest BCUT2D eigenvalue weighted by molar-refractivity contribution is 0.0696. The largest absolute Gasteiger partial charge is 0.478 e. The van der Waals surface area contributed by atoms with Gasteiger partial charge in [0, 0.05) is 31.7 Å². The summed E-state index contributed by atoms with van der Waals surface area (Å²) in [5, 5.41) is 15.9. The number of benzene rings is 1. The van der Waals surface area contributed by atoms with E-state index in [0.29, 0.717) is 43.4 Å². The van der Waals surface area contributed by atoms with Crippen molar-refractivity contribution in [3.05, 3.63) is 53.7 Å². The highest BCUT2D eigenvalue weighted by atomic mass is 19.1. The summed E-state index contributed by atoms with van der Waals surface area (Å²) >= 11 is 0. The van der Waals surface area contributed by atoms with Gasteiger partial charge in [0.25, 0.3) is 0 Å². The van der Waals surface area contributed by atoms with Crippen molar-refractivity contribution < 1.29 is 23.2 Å². The Morgan fingerprint density at radius 3 is 2.74 bits per heavy atom. The summed E-state index contributed by atoms with van der Waals surface area (Å²) < 4.78 is 36.6. The molecule has 1 fully saturated rings. The number of nitrogens with zero attached hydrogens (tertiary/aromatic N) is 6. The highest BCUT2D eigenvalue weighted by Crippen LogP contribution is 2.33. The Labute approximate surface area is 198 Å². The molecule has 4 aromatic rings. The van der Waals surface area contributed by atoms with Crippen molar-refractivity contribution in [1.82, 2.24) is 24.7 Å². The van der Waals surface area contributed by atoms with Gasteiger partial charge in [-0.3, -0.25) is 0 Å². The van der Waals surface area contributed by atoms with E-state index >= 15 is 4.39 Å². The maximum absolute atomic E-state index is 15.1. The fourth-order valence-corrected chi connectivity index (χ4v) is 4.32. The topological polar surface area (TPSA) is 122 Å². The summed E-state index contributed by atoms with van der Waals surface area (Å²) in [4.78, 5) is 25.9. The third-order valence-electron chi connectivity index (χ3n) is 6.09. The number of fused-ring (bicyclic) bond motifs is 1. The molecule has 35 heavy (non-hydrogen) atoms. The number of anilines is 3. The molecule has 0 amide bonds. The van der Waals surface area contributed by atoms with E-state index in [1.807, 2.05) is 4.90 Å². The quantitative estimate of drug-likeness (QED) is 0.395. The first-order valence-electron chi connectivity index (χ1n) is 11.3. The van der Waals surface area contributed by atoms with Crippen LogP contribution in [0.2, 0.25) is 0 Å². The van der Waals surface area contributed by atoms with Crippen LogP contribution in [0.25, 0.3) is 11.0 Å². The molecule has 2 N–H and O–H groups in total. The Hall–Kier alpha value is -4.09. The molecule has 1 aliphatic rings. The number of aromatic carboxylic acids is 1. The fraction of sp³-hybridized carbons (Fsp3) is 0.348. The predicted octanol–water partition coefficient (Wildman–Crippen LogP) is 4.33. The number of aromatic nitrogens is 5. The highest BCUT2D eigenvalue weighted by Gasteiger charge is 2.27. The molecule has 4 heterocycles. The molecule has 10 nitrogen and oxygen atoms in total. The summed E-state index contributed by atoms with van der Waals surface area (Å²) in [6.07, 6.45) is 5.80. The Kier molecular flexibility index (Phi) is 6.01. The standard InChI is InChI=1S/C23H23F2N7O3/c1-2-3-18-29-23(35-30-18)31-8-6-14(7-9-31)32-11-16(25)19-20(26-12-27-21(19)32)28-17-5-4-13(22(33)34)10-15(17)24/h4-5,10-12,14H,2-3,6-9H2,1H3,(H,33,34)(H,26,27,28). The summed E-state index contributed by atoms with van der Waals surface area (Å²) in [7, 11) is 0. The van der Waals surface area contributed by atoms with E-state index in [9.17, 15) is 9.18 Å². The molecule has 0 bridgehead atoms. The average molecular weight is 483 g/mol. The Morgan fingerprint density at radius 2 is 2.03 bits per heavy atom. The SMILES string of the molecule is CCCc1noc(N2CCC(n3cc(F)c4c(Nc5ccc(C(=O)O)cc5F)ncnc43)CC2)n1. The van der Waals surface area contributed by atoms with E-state index in [1.165, 1.54) is 24.7 Å². The number of piperidine rings is 1. The molecule has 1 aliphatic heterocycles. The predicted molar refractivity (Wildman–Crippen MR) is 123 cm³/mol. The van der Waals surface area contributed by atoms with Gasteiger partial charge in [-0.25, -0.2) is 23.5 Å². The van der Waals surface area contributed by atoms with E-state index in [1.54, 1.807) is 4.57 Å². The van der Waals surface area contributed by atoms with Crippen molar-refractivity contribution in [3.8, 4) is 0 Å². The number of halogens is 2. The van der Waals surface area contributed by atoms with Gasteiger partial charge in [-0.2, -0.15) is 4.98 Å². The molecule has 3 aromatic heterocycles. The zero-order valence-electron chi connectivity index (χ0n) is 18.9. The molecule has 1 aromatic carbocycles. The number of rotatable bonds is 7. The summed E-state index contributed by atoms with van der Waals surface area (Å²) in [6.45, 7) is 3.38. The van der Waals surface area contributed by atoms with Crippen molar-refractivity contribution >= 4 is 34.5 Å². The lowest BCUT2D eigenvalue weighted by atomic mass is 10.1. The molecule has 1 saturated heterocycles. The second kappa shape index (κ2) is 9.28. The van der Waals surface area contributed by atoms with Crippen molar-refractivity contribution in [2.24, 2.45) is 0 Å². The van der Waals surface area contributed by atoms with Crippen LogP contribution in [0.15, 0.2) is 35.2 Å². The van der Waals surface area contributed by atoms with E-state index in [0.717, 1.165) is 18.9 Å². The molecule has 0 saturated carbocycles. The maximum Gasteiger partial charge on any atom is 0.335 e. The zero-order valence-corrected chi connectivity index (χ0v) is 18.9. The third kappa shape index (κ3) is 4.38. The van der Waals surface area contributed by atoms with Crippen molar-refractivity contribution in [1.29, 1.82) is 0 Å². The molecule has 5 rings (SSSR count). The van der Waals surface area contributed by atoms with Crippen molar-refractivity contribution in [2.45, 2.75) is 38.6 Å². The number of aryl methyl sites for hydroxylation is 1. The van der Waals surface area contributed by atoms with Crippen LogP contribution >= 0.6 is 0 Å². The van der Waals surface area contributed by atoms with Crippen LogP contribution in [0.1, 0.15) is 48.4 Å². The maximum atomic E-state index is 15.1. The number of hydrogen-bond acceptors (Lipinski definition) is 8. The number of carboxylic acid groups (broad SMARTS) is 1. The molecule has 0 atom stereocenters. The smallest absolute Gasteiger partial charge is 0.335 e. The molecular weight excluding hydrogens is 460 g/mol. The van der Waals surface area contributed by atoms with Crippen LogP contribution in [0.4, 0.5) is 26.3 Å². The lowest BCUT2D eigenvalue weighted by Gasteiger charge is -2.31. The van der Waals surface area contributed by atoms with E-state index < -0.39 is 17.6 Å². The minimum Gasteiger partial charge on any atom is -0.478 e. The molecule has 0 unspecified atom stereocenters. The average Bonchev–Trinajstić information content (AvgIpc) is 3.46. The molecule has 182 valence electrons. The highest BCUT2D eigenvalue weighted by molar-refractivity contribution is 5.91. The summed E-state index contributed by atoms with van der Waals surface area (Å²) in [5.74, 6) is -1.77. The lowest BCUT2D eigenvalue weighted by Crippen LogP contribution is -2.34. The molecule has 0 radical (unpaired) electrons. The van der Waals surface area contributed by atoms with Gasteiger partial charge >= 0.3 is 12.0 Å². The van der Waals surface area contributed by atoms with Gasteiger partial charge in [-0.15, -0.1) is 0 Å². The van der Waals surface area contributed by atoms with Crippen molar-refractivity contribution in [3.63, 3.8) is 0 Å². The number of carbonyl (C=O) groups is 1. The Balaban J connectivity index is 1.36. The number of hydrogen-bond donors (Lipinski definition) is 2. The van der Waals surface area contributed by atoms with Gasteiger partial charge in [-0.1, -0.05) is 12.1 Å². The third-order valence-corrected chi connectivity index (χ3v) is 6.09. The van der Waals surface area contributed by atoms with Crippen LogP contribution in [-0.2, 0) is 6.42 Å². The van der Waals surface area contributed by atoms with Gasteiger partial charge in [0.1, 0.15) is 23.6 Å². The first-order valence-corrected chi connectivity index (χ1v) is 11.3. The van der Waals surface area contributed by atoms with E-state index in [2.05, 4.69) is 32.3 Å². The van der Waals surface area contributed by atoms with E-state index in [4.69, 9.17) is 9.63 Å². The normalized spacial score (nSPS) is 14.5. The number of nitrogens with one attached hydrogen (secondary N) is 1. The van der Waals surface area contributed by atoms with Crippen LogP contribution in [0, 0.1) is 11.6 Å². The minimum atomic E-state index is -1.24.